The highest BCUT2D eigenvalue weighted by Gasteiger charge is 2.33. The predicted octanol–water partition coefficient (Wildman–Crippen LogP) is 3.59. The van der Waals surface area contributed by atoms with E-state index >= 15 is 0 Å². The molecule has 20 heavy (non-hydrogen) atoms. The van der Waals surface area contributed by atoms with Crippen LogP contribution in [0.4, 0.5) is 0 Å². The molecule has 7 heteroatoms. The van der Waals surface area contributed by atoms with Crippen molar-refractivity contribution in [1.82, 2.24) is 4.31 Å². The van der Waals surface area contributed by atoms with Crippen molar-refractivity contribution in [2.45, 2.75) is 35.1 Å². The number of alkyl halides is 1. The van der Waals surface area contributed by atoms with Gasteiger partial charge >= 0.3 is 0 Å². The van der Waals surface area contributed by atoms with Gasteiger partial charge in [0.15, 0.2) is 0 Å². The molecule has 112 valence electrons. The fraction of sp³-hybridized carbons (Fsp3) is 0.538. The molecule has 0 N–H and O–H groups in total. The molecule has 0 radical (unpaired) electrons. The summed E-state index contributed by atoms with van der Waals surface area (Å²) in [6, 6.07) is 4.91. The molecule has 0 saturated carbocycles. The number of rotatable bonds is 3. The Bertz CT molecular complexity index is 582. The Morgan fingerprint density at radius 1 is 1.30 bits per heavy atom. The van der Waals surface area contributed by atoms with Crippen molar-refractivity contribution in [3.8, 4) is 0 Å². The molecule has 1 aromatic carbocycles. The van der Waals surface area contributed by atoms with Crippen LogP contribution in [0, 0.1) is 0 Å². The highest BCUT2D eigenvalue weighted by Crippen LogP contribution is 2.32. The second-order valence-corrected chi connectivity index (χ2v) is 9.44. The Morgan fingerprint density at radius 3 is 2.45 bits per heavy atom. The van der Waals surface area contributed by atoms with Crippen LogP contribution in [0.25, 0.3) is 0 Å². The molecule has 0 amide bonds. The third kappa shape index (κ3) is 3.45. The lowest BCUT2D eigenvalue weighted by molar-refractivity contribution is 0.405. The Kier molecular flexibility index (Phi) is 5.29. The van der Waals surface area contributed by atoms with Crippen LogP contribution < -0.4 is 0 Å². The van der Waals surface area contributed by atoms with E-state index in [2.05, 4.69) is 0 Å². The van der Waals surface area contributed by atoms with E-state index in [1.54, 1.807) is 18.2 Å². The maximum Gasteiger partial charge on any atom is 0.244 e. The smallest absolute Gasteiger partial charge is 0.207 e. The average Bonchev–Trinajstić information content (AvgIpc) is 2.38. The molecule has 1 aliphatic heterocycles. The highest BCUT2D eigenvalue weighted by atomic mass is 35.5. The van der Waals surface area contributed by atoms with Crippen molar-refractivity contribution in [2.24, 2.45) is 0 Å². The summed E-state index contributed by atoms with van der Waals surface area (Å²) >= 11 is 13.7. The molecule has 0 aliphatic carbocycles. The zero-order valence-corrected chi connectivity index (χ0v) is 14.5. The summed E-state index contributed by atoms with van der Waals surface area (Å²) in [6.07, 6.45) is 0. The van der Waals surface area contributed by atoms with Crippen LogP contribution in [-0.4, -0.2) is 36.3 Å². The first kappa shape index (κ1) is 16.4. The Labute approximate surface area is 134 Å². The maximum absolute atomic E-state index is 12.8. The van der Waals surface area contributed by atoms with Gasteiger partial charge in [-0.3, -0.25) is 0 Å². The molecule has 0 bridgehead atoms. The fourth-order valence-electron chi connectivity index (χ4n) is 2.29. The minimum atomic E-state index is -3.56. The van der Waals surface area contributed by atoms with Gasteiger partial charge in [-0.1, -0.05) is 31.5 Å². The minimum Gasteiger partial charge on any atom is -0.207 e. The summed E-state index contributed by atoms with van der Waals surface area (Å²) in [7, 11) is -3.56. The van der Waals surface area contributed by atoms with Gasteiger partial charge in [0.25, 0.3) is 0 Å². The topological polar surface area (TPSA) is 37.4 Å². The molecular weight excluding hydrogens is 337 g/mol. The van der Waals surface area contributed by atoms with Crippen LogP contribution in [0.2, 0.25) is 5.02 Å². The van der Waals surface area contributed by atoms with Gasteiger partial charge in [-0.05, 0) is 17.7 Å². The van der Waals surface area contributed by atoms with Crippen molar-refractivity contribution < 1.29 is 8.42 Å². The molecule has 2 atom stereocenters. The molecule has 1 aromatic rings. The lowest BCUT2D eigenvalue weighted by Crippen LogP contribution is -2.44. The van der Waals surface area contributed by atoms with E-state index in [0.29, 0.717) is 13.1 Å². The summed E-state index contributed by atoms with van der Waals surface area (Å²) in [5.41, 5.74) is 0.752. The highest BCUT2D eigenvalue weighted by molar-refractivity contribution is 8.00. The number of benzene rings is 1. The van der Waals surface area contributed by atoms with E-state index in [9.17, 15) is 8.42 Å². The third-order valence-electron chi connectivity index (χ3n) is 3.15. The van der Waals surface area contributed by atoms with Gasteiger partial charge in [0.2, 0.25) is 10.0 Å². The molecule has 2 unspecified atom stereocenters. The van der Waals surface area contributed by atoms with Gasteiger partial charge < -0.3 is 0 Å². The van der Waals surface area contributed by atoms with E-state index in [4.69, 9.17) is 23.2 Å². The maximum atomic E-state index is 12.8. The molecular formula is C13H17Cl2NO2S2. The Hall–Kier alpha value is 0.0600. The molecule has 1 aliphatic rings. The molecule has 3 nitrogen and oxygen atoms in total. The minimum absolute atomic E-state index is 0.156. The number of hydrogen-bond acceptors (Lipinski definition) is 3. The van der Waals surface area contributed by atoms with Crippen LogP contribution >= 0.6 is 35.0 Å². The van der Waals surface area contributed by atoms with Gasteiger partial charge in [0.05, 0.1) is 5.02 Å². The second-order valence-electron chi connectivity index (χ2n) is 4.98. The molecule has 2 rings (SSSR count). The number of sulfonamides is 1. The number of hydrogen-bond donors (Lipinski definition) is 0. The average molecular weight is 354 g/mol. The normalized spacial score (nSPS) is 24.8. The van der Waals surface area contributed by atoms with Gasteiger partial charge in [0, 0.05) is 29.5 Å². The van der Waals surface area contributed by atoms with Gasteiger partial charge in [-0.15, -0.1) is 11.6 Å². The largest absolute Gasteiger partial charge is 0.244 e. The van der Waals surface area contributed by atoms with Crippen LogP contribution in [0.3, 0.4) is 0 Å². The van der Waals surface area contributed by atoms with Gasteiger partial charge in [-0.25, -0.2) is 8.42 Å². The lowest BCUT2D eigenvalue weighted by atomic mass is 10.2. The van der Waals surface area contributed by atoms with Crippen molar-refractivity contribution in [1.29, 1.82) is 0 Å². The number of halogens is 2. The fourth-order valence-corrected chi connectivity index (χ4v) is 6.12. The molecule has 0 aromatic heterocycles. The zero-order valence-electron chi connectivity index (χ0n) is 11.3. The molecule has 1 heterocycles. The molecule has 0 spiro atoms. The van der Waals surface area contributed by atoms with Crippen LogP contribution in [0.15, 0.2) is 23.1 Å². The van der Waals surface area contributed by atoms with E-state index < -0.39 is 10.0 Å². The van der Waals surface area contributed by atoms with E-state index in [0.717, 1.165) is 5.56 Å². The summed E-state index contributed by atoms with van der Waals surface area (Å²) < 4.78 is 27.0. The van der Waals surface area contributed by atoms with Crippen LogP contribution in [0.1, 0.15) is 19.4 Å². The second kappa shape index (κ2) is 6.44. The summed E-state index contributed by atoms with van der Waals surface area (Å²) in [5.74, 6) is 0.266. The number of thioether (sulfide) groups is 1. The van der Waals surface area contributed by atoms with Crippen molar-refractivity contribution >= 4 is 45.0 Å². The third-order valence-corrected chi connectivity index (χ3v) is 7.00. The Balaban J connectivity index is 2.39. The first-order valence-electron chi connectivity index (χ1n) is 6.34. The van der Waals surface area contributed by atoms with E-state index in [1.165, 1.54) is 4.31 Å². The standard InChI is InChI=1S/C13H17Cl2NO2S2/c1-9-7-16(8-10(2)19-9)20(17,18)13-5-11(6-14)3-4-12(13)15/h3-5,9-10H,6-8H2,1-2H3. The summed E-state index contributed by atoms with van der Waals surface area (Å²) in [5, 5.41) is 0.810. The van der Waals surface area contributed by atoms with E-state index in [-0.39, 0.29) is 26.3 Å². The van der Waals surface area contributed by atoms with Crippen LogP contribution in [-0.2, 0) is 15.9 Å². The van der Waals surface area contributed by atoms with Gasteiger partial charge in [0.1, 0.15) is 4.90 Å². The predicted molar refractivity (Wildman–Crippen MR) is 86.3 cm³/mol. The Morgan fingerprint density at radius 2 is 1.90 bits per heavy atom. The van der Waals surface area contributed by atoms with Crippen LogP contribution in [0.5, 0.6) is 0 Å². The van der Waals surface area contributed by atoms with Crippen molar-refractivity contribution in [3.63, 3.8) is 0 Å². The lowest BCUT2D eigenvalue weighted by Gasteiger charge is -2.33. The van der Waals surface area contributed by atoms with E-state index in [1.807, 2.05) is 25.6 Å². The first-order valence-corrected chi connectivity index (χ1v) is 9.64. The van der Waals surface area contributed by atoms with Crippen molar-refractivity contribution in [2.75, 3.05) is 13.1 Å². The zero-order chi connectivity index (χ0) is 14.9. The SMILES string of the molecule is CC1CN(S(=O)(=O)c2cc(CCl)ccc2Cl)CC(C)S1. The quantitative estimate of drug-likeness (QED) is 0.779. The van der Waals surface area contributed by atoms with Gasteiger partial charge in [-0.2, -0.15) is 16.1 Å². The molecule has 1 fully saturated rings. The first-order chi connectivity index (χ1) is 9.34. The summed E-state index contributed by atoms with van der Waals surface area (Å²) in [6.45, 7) is 5.11. The monoisotopic (exact) mass is 353 g/mol. The van der Waals surface area contributed by atoms with Crippen molar-refractivity contribution in [3.05, 3.63) is 28.8 Å². The number of nitrogens with zero attached hydrogens (tertiary/aromatic N) is 1. The molecule has 1 saturated heterocycles. The summed E-state index contributed by atoms with van der Waals surface area (Å²) in [4.78, 5) is 0.156.